The van der Waals surface area contributed by atoms with E-state index in [0.717, 1.165) is 18.8 Å². The van der Waals surface area contributed by atoms with E-state index in [4.69, 9.17) is 14.2 Å². The molecule has 0 amide bonds. The molecule has 0 bridgehead atoms. The summed E-state index contributed by atoms with van der Waals surface area (Å²) in [5.74, 6) is 0.887. The van der Waals surface area contributed by atoms with Crippen molar-refractivity contribution in [3.63, 3.8) is 0 Å². The van der Waals surface area contributed by atoms with E-state index < -0.39 is 0 Å². The smallest absolute Gasteiger partial charge is 0.119 e. The number of ether oxygens (including phenoxy) is 3. The Balaban J connectivity index is 1.91. The fraction of sp³-hybridized carbons (Fsp3) is 0.571. The zero-order valence-corrected chi connectivity index (χ0v) is 13.0. The first-order chi connectivity index (χ1) is 8.83. The lowest BCUT2D eigenvalue weighted by Crippen LogP contribution is -2.11. The molecule has 0 aliphatic carbocycles. The minimum atomic E-state index is 0.579. The van der Waals surface area contributed by atoms with Gasteiger partial charge in [-0.15, -0.1) is 0 Å². The van der Waals surface area contributed by atoms with Crippen LogP contribution in [0.25, 0.3) is 0 Å². The van der Waals surface area contributed by atoms with Crippen LogP contribution in [0.3, 0.4) is 0 Å². The second-order valence-electron chi connectivity index (χ2n) is 3.88. The van der Waals surface area contributed by atoms with Crippen LogP contribution in [0.1, 0.15) is 19.8 Å². The molecule has 0 saturated heterocycles. The van der Waals surface area contributed by atoms with Crippen LogP contribution in [-0.2, 0) is 9.47 Å². The maximum Gasteiger partial charge on any atom is 0.119 e. The van der Waals surface area contributed by atoms with Crippen molar-refractivity contribution in [3.05, 3.63) is 27.8 Å². The van der Waals surface area contributed by atoms with Crippen LogP contribution >= 0.6 is 22.6 Å². The van der Waals surface area contributed by atoms with Gasteiger partial charge in [0.05, 0.1) is 19.8 Å². The Kier molecular flexibility index (Phi) is 9.24. The van der Waals surface area contributed by atoms with Crippen LogP contribution in [0.2, 0.25) is 0 Å². The van der Waals surface area contributed by atoms with Crippen molar-refractivity contribution in [2.45, 2.75) is 19.8 Å². The fourth-order valence-corrected chi connectivity index (χ4v) is 1.68. The number of benzene rings is 1. The van der Waals surface area contributed by atoms with Crippen LogP contribution in [0.15, 0.2) is 24.3 Å². The summed E-state index contributed by atoms with van der Waals surface area (Å²) in [6, 6.07) is 7.99. The van der Waals surface area contributed by atoms with Crippen molar-refractivity contribution >= 4 is 22.6 Å². The summed E-state index contributed by atoms with van der Waals surface area (Å²) in [7, 11) is 0. The average molecular weight is 364 g/mol. The third-order valence-corrected chi connectivity index (χ3v) is 3.04. The number of hydrogen-bond donors (Lipinski definition) is 0. The van der Waals surface area contributed by atoms with E-state index >= 15 is 0 Å². The highest BCUT2D eigenvalue weighted by Crippen LogP contribution is 2.13. The zero-order valence-electron chi connectivity index (χ0n) is 10.9. The zero-order chi connectivity index (χ0) is 13.1. The monoisotopic (exact) mass is 364 g/mol. The quantitative estimate of drug-likeness (QED) is 0.470. The average Bonchev–Trinajstić information content (AvgIpc) is 2.39. The highest BCUT2D eigenvalue weighted by Gasteiger charge is 1.94. The predicted molar refractivity (Wildman–Crippen MR) is 81.2 cm³/mol. The summed E-state index contributed by atoms with van der Waals surface area (Å²) in [6.07, 6.45) is 2.29. The maximum atomic E-state index is 5.54. The molecule has 4 heteroatoms. The van der Waals surface area contributed by atoms with Gasteiger partial charge in [-0.2, -0.15) is 0 Å². The molecule has 0 radical (unpaired) electrons. The van der Waals surface area contributed by atoms with E-state index in [-0.39, 0.29) is 0 Å². The van der Waals surface area contributed by atoms with Gasteiger partial charge >= 0.3 is 0 Å². The topological polar surface area (TPSA) is 27.7 Å². The van der Waals surface area contributed by atoms with Crippen molar-refractivity contribution in [3.8, 4) is 5.75 Å². The summed E-state index contributed by atoms with van der Waals surface area (Å²) < 4.78 is 17.5. The first kappa shape index (κ1) is 15.7. The van der Waals surface area contributed by atoms with E-state index in [1.54, 1.807) is 0 Å². The summed E-state index contributed by atoms with van der Waals surface area (Å²) in [4.78, 5) is 0. The molecule has 0 spiro atoms. The van der Waals surface area contributed by atoms with Gasteiger partial charge in [0.15, 0.2) is 0 Å². The van der Waals surface area contributed by atoms with Crippen LogP contribution in [0.4, 0.5) is 0 Å². The van der Waals surface area contributed by atoms with Crippen molar-refractivity contribution in [2.24, 2.45) is 0 Å². The van der Waals surface area contributed by atoms with Gasteiger partial charge in [-0.05, 0) is 53.3 Å². The van der Waals surface area contributed by atoms with E-state index in [0.29, 0.717) is 26.4 Å². The number of halogens is 1. The van der Waals surface area contributed by atoms with Gasteiger partial charge < -0.3 is 14.2 Å². The molecule has 0 atom stereocenters. The minimum Gasteiger partial charge on any atom is -0.491 e. The number of hydrogen-bond acceptors (Lipinski definition) is 3. The summed E-state index contributed by atoms with van der Waals surface area (Å²) in [5.41, 5.74) is 0. The van der Waals surface area contributed by atoms with Gasteiger partial charge in [0.25, 0.3) is 0 Å². The number of unbranched alkanes of at least 4 members (excludes halogenated alkanes) is 1. The lowest BCUT2D eigenvalue weighted by Gasteiger charge is -2.07. The second kappa shape index (κ2) is 10.6. The third-order valence-electron chi connectivity index (χ3n) is 2.32. The normalized spacial score (nSPS) is 10.6. The SMILES string of the molecule is CCCCOCCOCCOc1ccc(I)cc1. The molecule has 102 valence electrons. The van der Waals surface area contributed by atoms with Crippen LogP contribution < -0.4 is 4.74 Å². The van der Waals surface area contributed by atoms with Gasteiger partial charge in [-0.3, -0.25) is 0 Å². The van der Waals surface area contributed by atoms with Gasteiger partial charge in [-0.25, -0.2) is 0 Å². The van der Waals surface area contributed by atoms with Gasteiger partial charge in [0.1, 0.15) is 12.4 Å². The molecule has 0 N–H and O–H groups in total. The van der Waals surface area contributed by atoms with Crippen molar-refractivity contribution < 1.29 is 14.2 Å². The Morgan fingerprint density at radius 3 is 2.17 bits per heavy atom. The predicted octanol–water partition coefficient (Wildman–Crippen LogP) is 3.50. The molecule has 0 aliphatic heterocycles. The van der Waals surface area contributed by atoms with E-state index in [1.807, 2.05) is 24.3 Å². The molecule has 0 fully saturated rings. The van der Waals surface area contributed by atoms with Crippen molar-refractivity contribution in [1.29, 1.82) is 0 Å². The summed E-state index contributed by atoms with van der Waals surface area (Å²) in [6.45, 7) is 5.47. The van der Waals surface area contributed by atoms with Gasteiger partial charge in [-0.1, -0.05) is 13.3 Å². The van der Waals surface area contributed by atoms with Crippen LogP contribution in [0, 0.1) is 3.57 Å². The highest BCUT2D eigenvalue weighted by molar-refractivity contribution is 14.1. The van der Waals surface area contributed by atoms with Crippen LogP contribution in [-0.4, -0.2) is 33.0 Å². The lowest BCUT2D eigenvalue weighted by molar-refractivity contribution is 0.0356. The second-order valence-corrected chi connectivity index (χ2v) is 5.13. The Morgan fingerprint density at radius 2 is 1.50 bits per heavy atom. The molecular weight excluding hydrogens is 343 g/mol. The molecule has 1 rings (SSSR count). The molecule has 0 aliphatic rings. The Hall–Kier alpha value is -0.330. The number of rotatable bonds is 10. The molecular formula is C14H21IO3. The third kappa shape index (κ3) is 7.89. The Bertz CT molecular complexity index is 300. The molecule has 1 aromatic carbocycles. The van der Waals surface area contributed by atoms with E-state index in [1.165, 1.54) is 9.99 Å². The Labute approximate surface area is 123 Å². The van der Waals surface area contributed by atoms with Crippen molar-refractivity contribution in [1.82, 2.24) is 0 Å². The highest BCUT2D eigenvalue weighted by atomic mass is 127. The molecule has 0 aromatic heterocycles. The molecule has 0 heterocycles. The molecule has 0 unspecified atom stereocenters. The van der Waals surface area contributed by atoms with Gasteiger partial charge in [0, 0.05) is 10.2 Å². The maximum absolute atomic E-state index is 5.54. The van der Waals surface area contributed by atoms with E-state index in [9.17, 15) is 0 Å². The minimum absolute atomic E-state index is 0.579. The fourth-order valence-electron chi connectivity index (χ4n) is 1.32. The standard InChI is InChI=1S/C14H21IO3/c1-2-3-8-16-9-10-17-11-12-18-14-6-4-13(15)5-7-14/h4-7H,2-3,8-12H2,1H3. The molecule has 0 saturated carbocycles. The first-order valence-electron chi connectivity index (χ1n) is 6.36. The van der Waals surface area contributed by atoms with Crippen molar-refractivity contribution in [2.75, 3.05) is 33.0 Å². The largest absolute Gasteiger partial charge is 0.491 e. The van der Waals surface area contributed by atoms with Gasteiger partial charge in [0.2, 0.25) is 0 Å². The summed E-state index contributed by atoms with van der Waals surface area (Å²) in [5, 5.41) is 0. The van der Waals surface area contributed by atoms with Crippen LogP contribution in [0.5, 0.6) is 5.75 Å². The first-order valence-corrected chi connectivity index (χ1v) is 7.44. The molecule has 1 aromatic rings. The molecule has 18 heavy (non-hydrogen) atoms. The van der Waals surface area contributed by atoms with E-state index in [2.05, 4.69) is 29.5 Å². The lowest BCUT2D eigenvalue weighted by atomic mass is 10.3. The summed E-state index contributed by atoms with van der Waals surface area (Å²) >= 11 is 2.27. The Morgan fingerprint density at radius 1 is 0.889 bits per heavy atom. The molecule has 3 nitrogen and oxygen atoms in total.